The van der Waals surface area contributed by atoms with Gasteiger partial charge in [0.15, 0.2) is 5.65 Å². The number of aromatic nitrogens is 4. The lowest BCUT2D eigenvalue weighted by Crippen LogP contribution is -2.07. The number of nitrogens with zero attached hydrogens (tertiary/aromatic N) is 4. The highest BCUT2D eigenvalue weighted by molar-refractivity contribution is 5.90. The van der Waals surface area contributed by atoms with Gasteiger partial charge in [-0.1, -0.05) is 42.8 Å². The van der Waals surface area contributed by atoms with E-state index in [1.807, 2.05) is 53.3 Å². The van der Waals surface area contributed by atoms with Crippen molar-refractivity contribution < 1.29 is 0 Å². The van der Waals surface area contributed by atoms with Gasteiger partial charge in [0.1, 0.15) is 5.82 Å². The third kappa shape index (κ3) is 3.60. The Bertz CT molecular complexity index is 1040. The molecule has 0 saturated carbocycles. The first kappa shape index (κ1) is 17.0. The van der Waals surface area contributed by atoms with E-state index in [1.165, 1.54) is 5.56 Å². The van der Waals surface area contributed by atoms with Gasteiger partial charge in [-0.25, -0.2) is 4.68 Å². The second kappa shape index (κ2) is 7.45. The summed E-state index contributed by atoms with van der Waals surface area (Å²) in [5.74, 6) is 1.33. The summed E-state index contributed by atoms with van der Waals surface area (Å²) in [5, 5.41) is 12.1. The summed E-state index contributed by atoms with van der Waals surface area (Å²) in [6.07, 6.45) is 2.81. The summed E-state index contributed by atoms with van der Waals surface area (Å²) < 4.78 is 1.84. The molecule has 2 aromatic carbocycles. The number of hydrogen-bond acceptors (Lipinski definition) is 5. The number of anilines is 3. The Morgan fingerprint density at radius 1 is 0.963 bits per heavy atom. The van der Waals surface area contributed by atoms with Crippen molar-refractivity contribution in [2.75, 3.05) is 17.2 Å². The highest BCUT2D eigenvalue weighted by Gasteiger charge is 2.14. The van der Waals surface area contributed by atoms with Gasteiger partial charge in [0, 0.05) is 12.2 Å². The number of benzene rings is 2. The van der Waals surface area contributed by atoms with Crippen LogP contribution in [0.25, 0.3) is 16.7 Å². The first-order valence-electron chi connectivity index (χ1n) is 9.13. The maximum atomic E-state index is 4.70. The Hall–Kier alpha value is -3.41. The average Bonchev–Trinajstić information content (AvgIpc) is 3.13. The van der Waals surface area contributed by atoms with Gasteiger partial charge in [-0.3, -0.25) is 0 Å². The summed E-state index contributed by atoms with van der Waals surface area (Å²) in [7, 11) is 0. The predicted molar refractivity (Wildman–Crippen MR) is 110 cm³/mol. The quantitative estimate of drug-likeness (QED) is 0.523. The van der Waals surface area contributed by atoms with E-state index in [0.29, 0.717) is 5.95 Å². The molecule has 2 aromatic heterocycles. The number of fused-ring (bicyclic) bond motifs is 1. The van der Waals surface area contributed by atoms with Gasteiger partial charge < -0.3 is 10.6 Å². The molecule has 0 aliphatic heterocycles. The van der Waals surface area contributed by atoms with Crippen molar-refractivity contribution in [3.8, 4) is 5.69 Å². The van der Waals surface area contributed by atoms with Crippen LogP contribution in [0.2, 0.25) is 0 Å². The molecule has 0 aliphatic carbocycles. The zero-order valence-electron chi connectivity index (χ0n) is 15.5. The summed E-state index contributed by atoms with van der Waals surface area (Å²) in [6.45, 7) is 5.00. The second-order valence-corrected chi connectivity index (χ2v) is 6.44. The maximum absolute atomic E-state index is 4.70. The standard InChI is InChI=1S/C21H22N6/c1-3-13-22-21-25-19(24-16-11-9-15(2)10-12-16)18-14-23-27(20(18)26-21)17-7-5-4-6-8-17/h4-12,14H,3,13H2,1-2H3,(H2,22,24,25,26). The van der Waals surface area contributed by atoms with E-state index < -0.39 is 0 Å². The number of nitrogens with one attached hydrogen (secondary N) is 2. The van der Waals surface area contributed by atoms with Crippen molar-refractivity contribution in [2.45, 2.75) is 20.3 Å². The number of rotatable bonds is 6. The molecule has 0 bridgehead atoms. The first-order valence-corrected chi connectivity index (χ1v) is 9.13. The van der Waals surface area contributed by atoms with Gasteiger partial charge >= 0.3 is 0 Å². The molecule has 0 radical (unpaired) electrons. The molecule has 0 aliphatic rings. The molecule has 4 aromatic rings. The average molecular weight is 358 g/mol. The fraction of sp³-hybridized carbons (Fsp3) is 0.190. The van der Waals surface area contributed by atoms with E-state index in [1.54, 1.807) is 0 Å². The van der Waals surface area contributed by atoms with Crippen LogP contribution < -0.4 is 10.6 Å². The lowest BCUT2D eigenvalue weighted by molar-refractivity contribution is 0.892. The first-order chi connectivity index (χ1) is 13.2. The van der Waals surface area contributed by atoms with Crippen LogP contribution in [0.4, 0.5) is 17.5 Å². The second-order valence-electron chi connectivity index (χ2n) is 6.44. The van der Waals surface area contributed by atoms with Gasteiger partial charge in [-0.15, -0.1) is 0 Å². The van der Waals surface area contributed by atoms with Crippen LogP contribution in [0, 0.1) is 6.92 Å². The molecule has 136 valence electrons. The zero-order chi connectivity index (χ0) is 18.6. The van der Waals surface area contributed by atoms with E-state index in [9.17, 15) is 0 Å². The van der Waals surface area contributed by atoms with E-state index in [-0.39, 0.29) is 0 Å². The van der Waals surface area contributed by atoms with Crippen molar-refractivity contribution in [2.24, 2.45) is 0 Å². The van der Waals surface area contributed by atoms with Crippen molar-refractivity contribution in [3.63, 3.8) is 0 Å². The third-order valence-corrected chi connectivity index (χ3v) is 4.28. The molecule has 0 spiro atoms. The molecule has 0 amide bonds. The molecule has 27 heavy (non-hydrogen) atoms. The van der Waals surface area contributed by atoms with Gasteiger partial charge in [-0.2, -0.15) is 15.1 Å². The van der Waals surface area contributed by atoms with Crippen molar-refractivity contribution in [1.82, 2.24) is 19.7 Å². The minimum absolute atomic E-state index is 0.594. The van der Waals surface area contributed by atoms with Gasteiger partial charge in [-0.05, 0) is 37.6 Å². The van der Waals surface area contributed by atoms with Crippen molar-refractivity contribution >= 4 is 28.5 Å². The Morgan fingerprint density at radius 3 is 2.48 bits per heavy atom. The van der Waals surface area contributed by atoms with E-state index >= 15 is 0 Å². The minimum Gasteiger partial charge on any atom is -0.354 e. The molecule has 4 rings (SSSR count). The maximum Gasteiger partial charge on any atom is 0.226 e. The molecular formula is C21H22N6. The summed E-state index contributed by atoms with van der Waals surface area (Å²) in [4.78, 5) is 9.38. The molecule has 0 saturated heterocycles. The topological polar surface area (TPSA) is 67.7 Å². The Balaban J connectivity index is 1.81. The molecule has 6 heteroatoms. The Morgan fingerprint density at radius 2 is 1.74 bits per heavy atom. The number of aryl methyl sites for hydroxylation is 1. The van der Waals surface area contributed by atoms with Gasteiger partial charge in [0.05, 0.1) is 17.3 Å². The van der Waals surface area contributed by atoms with Crippen molar-refractivity contribution in [1.29, 1.82) is 0 Å². The van der Waals surface area contributed by atoms with E-state index in [2.05, 4.69) is 46.7 Å². The van der Waals surface area contributed by atoms with Crippen LogP contribution in [0.5, 0.6) is 0 Å². The molecule has 2 heterocycles. The molecular weight excluding hydrogens is 336 g/mol. The lowest BCUT2D eigenvalue weighted by atomic mass is 10.2. The van der Waals surface area contributed by atoms with Crippen LogP contribution in [0.3, 0.4) is 0 Å². The molecule has 6 nitrogen and oxygen atoms in total. The summed E-state index contributed by atoms with van der Waals surface area (Å²) in [5.41, 5.74) is 3.93. The number of hydrogen-bond donors (Lipinski definition) is 2. The normalized spacial score (nSPS) is 10.9. The monoisotopic (exact) mass is 358 g/mol. The SMILES string of the molecule is CCCNc1nc(Nc2ccc(C)cc2)c2cnn(-c3ccccc3)c2n1. The fourth-order valence-electron chi connectivity index (χ4n) is 2.85. The smallest absolute Gasteiger partial charge is 0.226 e. The van der Waals surface area contributed by atoms with Crippen LogP contribution in [-0.2, 0) is 0 Å². The van der Waals surface area contributed by atoms with Crippen LogP contribution in [-0.4, -0.2) is 26.3 Å². The highest BCUT2D eigenvalue weighted by atomic mass is 15.3. The van der Waals surface area contributed by atoms with Crippen LogP contribution >= 0.6 is 0 Å². The molecule has 0 fully saturated rings. The zero-order valence-corrected chi connectivity index (χ0v) is 15.5. The van der Waals surface area contributed by atoms with Gasteiger partial charge in [0.2, 0.25) is 5.95 Å². The molecule has 0 unspecified atom stereocenters. The lowest BCUT2D eigenvalue weighted by Gasteiger charge is -2.11. The fourth-order valence-corrected chi connectivity index (χ4v) is 2.85. The van der Waals surface area contributed by atoms with Gasteiger partial charge in [0.25, 0.3) is 0 Å². The summed E-state index contributed by atoms with van der Waals surface area (Å²) >= 11 is 0. The number of para-hydroxylation sites is 1. The predicted octanol–water partition coefficient (Wildman–Crippen LogP) is 4.69. The third-order valence-electron chi connectivity index (χ3n) is 4.28. The molecule has 2 N–H and O–H groups in total. The van der Waals surface area contributed by atoms with E-state index in [0.717, 1.165) is 41.2 Å². The molecule has 0 atom stereocenters. The van der Waals surface area contributed by atoms with E-state index in [4.69, 9.17) is 4.98 Å². The van der Waals surface area contributed by atoms with Crippen molar-refractivity contribution in [3.05, 3.63) is 66.4 Å². The summed E-state index contributed by atoms with van der Waals surface area (Å²) in [6, 6.07) is 18.2. The largest absolute Gasteiger partial charge is 0.354 e. The Labute approximate surface area is 158 Å². The highest BCUT2D eigenvalue weighted by Crippen LogP contribution is 2.27. The Kier molecular flexibility index (Phi) is 4.70. The minimum atomic E-state index is 0.594. The van der Waals surface area contributed by atoms with Crippen LogP contribution in [0.15, 0.2) is 60.8 Å². The van der Waals surface area contributed by atoms with Crippen LogP contribution in [0.1, 0.15) is 18.9 Å².